The average Bonchev–Trinajstić information content (AvgIpc) is 3.26. The van der Waals surface area contributed by atoms with Crippen LogP contribution < -0.4 is 10.1 Å². The number of nitriles is 1. The molecule has 0 bridgehead atoms. The molecule has 0 aliphatic rings. The Balaban J connectivity index is 1.64. The second kappa shape index (κ2) is 9.08. The van der Waals surface area contributed by atoms with Crippen LogP contribution in [-0.2, 0) is 12.6 Å². The predicted molar refractivity (Wildman–Crippen MR) is 115 cm³/mol. The van der Waals surface area contributed by atoms with Crippen molar-refractivity contribution in [2.75, 3.05) is 5.32 Å². The molecule has 32 heavy (non-hydrogen) atoms. The fourth-order valence-corrected chi connectivity index (χ4v) is 3.66. The highest BCUT2D eigenvalue weighted by Gasteiger charge is 2.33. The second-order valence-electron chi connectivity index (χ2n) is 6.72. The molecular formula is C23H15F3N4OS. The number of nitrogens with one attached hydrogen (secondary N) is 1. The Morgan fingerprint density at radius 3 is 2.53 bits per heavy atom. The van der Waals surface area contributed by atoms with Crippen molar-refractivity contribution < 1.29 is 17.9 Å². The monoisotopic (exact) mass is 452 g/mol. The van der Waals surface area contributed by atoms with Crippen LogP contribution in [0.4, 0.5) is 24.0 Å². The summed E-state index contributed by atoms with van der Waals surface area (Å²) >= 11 is 0.796. The highest BCUT2D eigenvalue weighted by Crippen LogP contribution is 2.36. The van der Waals surface area contributed by atoms with Gasteiger partial charge in [0.2, 0.25) is 5.88 Å². The fraction of sp³-hybridized carbons (Fsp3) is 0.0870. The molecule has 1 N–H and O–H groups in total. The zero-order valence-corrected chi connectivity index (χ0v) is 17.2. The van der Waals surface area contributed by atoms with E-state index in [2.05, 4.69) is 15.3 Å². The smallest absolute Gasteiger partial charge is 0.434 e. The number of halogens is 3. The number of aromatic nitrogens is 2. The van der Waals surface area contributed by atoms with Crippen LogP contribution in [0.25, 0.3) is 0 Å². The van der Waals surface area contributed by atoms with Crippen molar-refractivity contribution in [3.05, 3.63) is 94.6 Å². The first-order valence-electron chi connectivity index (χ1n) is 9.42. The summed E-state index contributed by atoms with van der Waals surface area (Å²) in [6.45, 7) is 0. The van der Waals surface area contributed by atoms with Crippen molar-refractivity contribution in [1.82, 2.24) is 9.97 Å². The normalized spacial score (nSPS) is 11.1. The number of rotatable bonds is 6. The molecule has 0 radical (unpaired) electrons. The predicted octanol–water partition coefficient (Wildman–Crippen LogP) is 6.56. The molecule has 2 heterocycles. The fourth-order valence-electron chi connectivity index (χ4n) is 2.93. The Kier molecular flexibility index (Phi) is 6.05. The molecular weight excluding hydrogens is 437 g/mol. The van der Waals surface area contributed by atoms with Gasteiger partial charge in [-0.1, -0.05) is 48.5 Å². The van der Waals surface area contributed by atoms with Gasteiger partial charge in [-0.15, -0.1) is 11.3 Å². The van der Waals surface area contributed by atoms with E-state index in [-0.39, 0.29) is 22.3 Å². The molecule has 0 fully saturated rings. The van der Waals surface area contributed by atoms with E-state index in [1.165, 1.54) is 12.3 Å². The van der Waals surface area contributed by atoms with Gasteiger partial charge >= 0.3 is 6.18 Å². The molecule has 0 amide bonds. The first-order chi connectivity index (χ1) is 15.4. The second-order valence-corrected chi connectivity index (χ2v) is 7.58. The standard InChI is InChI=1S/C23H15F3N4OS/c24-23(25,26)20-14-32-22(30-20)29-18-11-16(12-27)13-28-21(18)31-19-9-5-4-8-17(19)10-15-6-2-1-3-7-15/h1-9,11,13-14H,10H2,(H,29,30). The molecule has 9 heteroatoms. The molecule has 0 atom stereocenters. The highest BCUT2D eigenvalue weighted by molar-refractivity contribution is 7.13. The van der Waals surface area contributed by atoms with Crippen molar-refractivity contribution >= 4 is 22.2 Å². The van der Waals surface area contributed by atoms with Crippen LogP contribution in [0, 0.1) is 11.3 Å². The molecule has 2 aromatic carbocycles. The topological polar surface area (TPSA) is 70.8 Å². The summed E-state index contributed by atoms with van der Waals surface area (Å²) in [5.74, 6) is 0.667. The van der Waals surface area contributed by atoms with Gasteiger partial charge in [0.25, 0.3) is 0 Å². The molecule has 4 rings (SSSR count). The number of benzene rings is 2. The number of alkyl halides is 3. The third kappa shape index (κ3) is 5.04. The zero-order valence-electron chi connectivity index (χ0n) is 16.4. The van der Waals surface area contributed by atoms with Gasteiger partial charge in [-0.3, -0.25) is 0 Å². The summed E-state index contributed by atoms with van der Waals surface area (Å²) < 4.78 is 44.7. The van der Waals surface area contributed by atoms with Crippen LogP contribution in [-0.4, -0.2) is 9.97 Å². The Hall–Kier alpha value is -3.90. The van der Waals surface area contributed by atoms with Gasteiger partial charge in [-0.05, 0) is 23.3 Å². The molecule has 0 aliphatic heterocycles. The third-order valence-corrected chi connectivity index (χ3v) is 5.19. The van der Waals surface area contributed by atoms with Gasteiger partial charge < -0.3 is 10.1 Å². The molecule has 160 valence electrons. The van der Waals surface area contributed by atoms with Crippen LogP contribution in [0.5, 0.6) is 11.6 Å². The maximum Gasteiger partial charge on any atom is 0.434 e. The van der Waals surface area contributed by atoms with Crippen molar-refractivity contribution in [2.24, 2.45) is 0 Å². The molecule has 5 nitrogen and oxygen atoms in total. The SMILES string of the molecule is N#Cc1cnc(Oc2ccccc2Cc2ccccc2)c(Nc2nc(C(F)(F)F)cs2)c1. The van der Waals surface area contributed by atoms with Crippen molar-refractivity contribution in [3.8, 4) is 17.7 Å². The van der Waals surface area contributed by atoms with Crippen molar-refractivity contribution in [3.63, 3.8) is 0 Å². The lowest BCUT2D eigenvalue weighted by atomic mass is 10.0. The molecule has 2 aromatic heterocycles. The van der Waals surface area contributed by atoms with Crippen LogP contribution in [0.2, 0.25) is 0 Å². The Morgan fingerprint density at radius 2 is 1.81 bits per heavy atom. The Bertz CT molecular complexity index is 1270. The van der Waals surface area contributed by atoms with Gasteiger partial charge in [-0.25, -0.2) is 9.97 Å². The largest absolute Gasteiger partial charge is 0.437 e. The third-order valence-electron chi connectivity index (χ3n) is 4.43. The average molecular weight is 452 g/mol. The summed E-state index contributed by atoms with van der Waals surface area (Å²) in [5, 5.41) is 12.9. The number of para-hydroxylation sites is 1. The van der Waals surface area contributed by atoms with E-state index in [0.717, 1.165) is 27.8 Å². The zero-order chi connectivity index (χ0) is 22.6. The van der Waals surface area contributed by atoms with Crippen LogP contribution in [0.15, 0.2) is 72.2 Å². The lowest BCUT2D eigenvalue weighted by Gasteiger charge is -2.14. The lowest BCUT2D eigenvalue weighted by molar-refractivity contribution is -0.140. The Labute approximate surface area is 185 Å². The quantitative estimate of drug-likeness (QED) is 0.359. The number of nitrogens with zero attached hydrogens (tertiary/aromatic N) is 3. The summed E-state index contributed by atoms with van der Waals surface area (Å²) in [6.07, 6.45) is -2.58. The van der Waals surface area contributed by atoms with Crippen LogP contribution in [0.3, 0.4) is 0 Å². The van der Waals surface area contributed by atoms with E-state index < -0.39 is 11.9 Å². The first-order valence-corrected chi connectivity index (χ1v) is 10.3. The summed E-state index contributed by atoms with van der Waals surface area (Å²) in [5.41, 5.74) is 1.47. The summed E-state index contributed by atoms with van der Waals surface area (Å²) in [4.78, 5) is 7.76. The number of hydrogen-bond donors (Lipinski definition) is 1. The number of pyridine rings is 1. The molecule has 0 aliphatic carbocycles. The van der Waals surface area contributed by atoms with Gasteiger partial charge in [0.15, 0.2) is 10.8 Å². The van der Waals surface area contributed by atoms with Gasteiger partial charge in [-0.2, -0.15) is 18.4 Å². The summed E-state index contributed by atoms with van der Waals surface area (Å²) in [7, 11) is 0. The van der Waals surface area contributed by atoms with E-state index in [1.807, 2.05) is 54.6 Å². The van der Waals surface area contributed by atoms with Gasteiger partial charge in [0.1, 0.15) is 17.5 Å². The molecule has 0 spiro atoms. The Morgan fingerprint density at radius 1 is 1.06 bits per heavy atom. The van der Waals surface area contributed by atoms with Crippen molar-refractivity contribution in [2.45, 2.75) is 12.6 Å². The minimum absolute atomic E-state index is 0.0108. The van der Waals surface area contributed by atoms with E-state index in [0.29, 0.717) is 12.2 Å². The minimum atomic E-state index is -4.54. The lowest BCUT2D eigenvalue weighted by Crippen LogP contribution is -2.05. The van der Waals surface area contributed by atoms with Gasteiger partial charge in [0, 0.05) is 18.0 Å². The number of ether oxygens (including phenoxy) is 1. The van der Waals surface area contributed by atoms with Crippen LogP contribution >= 0.6 is 11.3 Å². The molecule has 0 unspecified atom stereocenters. The van der Waals surface area contributed by atoms with E-state index in [4.69, 9.17) is 4.74 Å². The molecule has 4 aromatic rings. The maximum absolute atomic E-state index is 12.9. The maximum atomic E-state index is 12.9. The highest BCUT2D eigenvalue weighted by atomic mass is 32.1. The molecule has 0 saturated carbocycles. The summed E-state index contributed by atoms with van der Waals surface area (Å²) in [6, 6.07) is 20.7. The number of thiazole rings is 1. The number of hydrogen-bond acceptors (Lipinski definition) is 6. The van der Waals surface area contributed by atoms with E-state index in [1.54, 1.807) is 6.07 Å². The van der Waals surface area contributed by atoms with Crippen LogP contribution in [0.1, 0.15) is 22.4 Å². The molecule has 0 saturated heterocycles. The minimum Gasteiger partial charge on any atom is -0.437 e. The first kappa shape index (κ1) is 21.3. The van der Waals surface area contributed by atoms with E-state index >= 15 is 0 Å². The van der Waals surface area contributed by atoms with Gasteiger partial charge in [0.05, 0.1) is 5.56 Å². The van der Waals surface area contributed by atoms with E-state index in [9.17, 15) is 18.4 Å². The number of anilines is 2. The van der Waals surface area contributed by atoms with Crippen molar-refractivity contribution in [1.29, 1.82) is 5.26 Å².